The molecule has 0 saturated carbocycles. The van der Waals surface area contributed by atoms with E-state index in [1.165, 1.54) is 11.3 Å². The Kier molecular flexibility index (Phi) is 2.28. The zero-order valence-corrected chi connectivity index (χ0v) is 8.51. The molecule has 0 spiro atoms. The standard InChI is InChI=1S/C7H7ClN4S/c1-2-12-10-7(9-11-12)5-3-4-6(8)13-5/h3-4H,2H2,1H3. The highest BCUT2D eigenvalue weighted by atomic mass is 35.5. The molecule has 0 aliphatic carbocycles. The van der Waals surface area contributed by atoms with Crippen LogP contribution in [-0.4, -0.2) is 20.2 Å². The molecule has 2 rings (SSSR count). The van der Waals surface area contributed by atoms with E-state index in [9.17, 15) is 0 Å². The van der Waals surface area contributed by atoms with E-state index in [2.05, 4.69) is 15.4 Å². The number of nitrogens with zero attached hydrogens (tertiary/aromatic N) is 4. The van der Waals surface area contributed by atoms with E-state index in [0.717, 1.165) is 15.8 Å². The van der Waals surface area contributed by atoms with Crippen molar-refractivity contribution in [3.8, 4) is 10.7 Å². The molecule has 0 N–H and O–H groups in total. The van der Waals surface area contributed by atoms with E-state index in [1.54, 1.807) is 4.80 Å². The number of hydrogen-bond donors (Lipinski definition) is 0. The molecule has 13 heavy (non-hydrogen) atoms. The maximum atomic E-state index is 5.79. The molecule has 0 unspecified atom stereocenters. The summed E-state index contributed by atoms with van der Waals surface area (Å²) in [5.41, 5.74) is 0. The molecule has 0 radical (unpaired) electrons. The number of hydrogen-bond acceptors (Lipinski definition) is 4. The van der Waals surface area contributed by atoms with Crippen LogP contribution in [0.15, 0.2) is 12.1 Å². The van der Waals surface area contributed by atoms with Gasteiger partial charge in [0, 0.05) is 0 Å². The van der Waals surface area contributed by atoms with E-state index in [4.69, 9.17) is 11.6 Å². The number of thiophene rings is 1. The van der Waals surface area contributed by atoms with Crippen LogP contribution in [0.5, 0.6) is 0 Å². The Balaban J connectivity index is 2.35. The summed E-state index contributed by atoms with van der Waals surface area (Å²) in [7, 11) is 0. The van der Waals surface area contributed by atoms with Crippen LogP contribution in [0.1, 0.15) is 6.92 Å². The first-order valence-electron chi connectivity index (χ1n) is 3.83. The van der Waals surface area contributed by atoms with Gasteiger partial charge in [0.25, 0.3) is 0 Å². The molecule has 2 heterocycles. The summed E-state index contributed by atoms with van der Waals surface area (Å²) >= 11 is 7.24. The minimum Gasteiger partial charge on any atom is -0.164 e. The molecule has 2 aromatic heterocycles. The SMILES string of the molecule is CCn1nnc(-c2ccc(Cl)s2)n1. The largest absolute Gasteiger partial charge is 0.214 e. The van der Waals surface area contributed by atoms with E-state index in [1.807, 2.05) is 19.1 Å². The number of aryl methyl sites for hydroxylation is 1. The van der Waals surface area contributed by atoms with E-state index >= 15 is 0 Å². The lowest BCUT2D eigenvalue weighted by Gasteiger charge is -1.86. The van der Waals surface area contributed by atoms with Gasteiger partial charge in [-0.3, -0.25) is 0 Å². The second-order valence-corrected chi connectivity index (χ2v) is 4.12. The summed E-state index contributed by atoms with van der Waals surface area (Å²) in [6.07, 6.45) is 0. The normalized spacial score (nSPS) is 10.6. The van der Waals surface area contributed by atoms with Crippen molar-refractivity contribution < 1.29 is 0 Å². The molecule has 0 amide bonds. The summed E-state index contributed by atoms with van der Waals surface area (Å²) < 4.78 is 0.739. The molecule has 2 aromatic rings. The molecular formula is C7H7ClN4S. The van der Waals surface area contributed by atoms with Gasteiger partial charge in [0.15, 0.2) is 0 Å². The predicted molar refractivity (Wildman–Crippen MR) is 51.8 cm³/mol. The average molecular weight is 215 g/mol. The van der Waals surface area contributed by atoms with Crippen LogP contribution in [0.25, 0.3) is 10.7 Å². The zero-order chi connectivity index (χ0) is 9.26. The molecule has 6 heteroatoms. The van der Waals surface area contributed by atoms with Crippen molar-refractivity contribution in [1.82, 2.24) is 20.2 Å². The lowest BCUT2D eigenvalue weighted by Crippen LogP contribution is -1.98. The van der Waals surface area contributed by atoms with Gasteiger partial charge >= 0.3 is 0 Å². The van der Waals surface area contributed by atoms with Crippen molar-refractivity contribution in [2.75, 3.05) is 0 Å². The first-order valence-corrected chi connectivity index (χ1v) is 5.02. The van der Waals surface area contributed by atoms with Crippen LogP contribution < -0.4 is 0 Å². The van der Waals surface area contributed by atoms with Crippen molar-refractivity contribution in [3.05, 3.63) is 16.5 Å². The van der Waals surface area contributed by atoms with Crippen molar-refractivity contribution in [1.29, 1.82) is 0 Å². The first kappa shape index (κ1) is 8.65. The minimum atomic E-state index is 0.638. The number of rotatable bonds is 2. The number of halogens is 1. The molecule has 0 aliphatic heterocycles. The van der Waals surface area contributed by atoms with Crippen LogP contribution in [0.2, 0.25) is 4.34 Å². The second-order valence-electron chi connectivity index (χ2n) is 2.41. The first-order chi connectivity index (χ1) is 6.29. The third-order valence-corrected chi connectivity index (χ3v) is 2.76. The maximum absolute atomic E-state index is 5.79. The summed E-state index contributed by atoms with van der Waals surface area (Å²) in [5, 5.41) is 11.9. The smallest absolute Gasteiger partial charge is 0.164 e. The van der Waals surface area contributed by atoms with Gasteiger partial charge in [0.05, 0.1) is 15.8 Å². The molecule has 0 saturated heterocycles. The van der Waals surface area contributed by atoms with Gasteiger partial charge < -0.3 is 0 Å². The van der Waals surface area contributed by atoms with E-state index < -0.39 is 0 Å². The fourth-order valence-corrected chi connectivity index (χ4v) is 1.88. The summed E-state index contributed by atoms with van der Waals surface area (Å²) in [6, 6.07) is 3.72. The molecule has 68 valence electrons. The molecule has 0 aromatic carbocycles. The molecule has 0 atom stereocenters. The quantitative estimate of drug-likeness (QED) is 0.769. The Hall–Kier alpha value is -0.940. The van der Waals surface area contributed by atoms with Crippen LogP contribution in [0.3, 0.4) is 0 Å². The molecule has 0 fully saturated rings. The fourth-order valence-electron chi connectivity index (χ4n) is 0.910. The van der Waals surface area contributed by atoms with E-state index in [0.29, 0.717) is 5.82 Å². The summed E-state index contributed by atoms with van der Waals surface area (Å²) in [5.74, 6) is 0.638. The molecule has 0 aliphatic rings. The fraction of sp³-hybridized carbons (Fsp3) is 0.286. The lowest BCUT2D eigenvalue weighted by atomic mass is 10.5. The van der Waals surface area contributed by atoms with Crippen molar-refractivity contribution >= 4 is 22.9 Å². The zero-order valence-electron chi connectivity index (χ0n) is 6.94. The van der Waals surface area contributed by atoms with E-state index in [-0.39, 0.29) is 0 Å². The Morgan fingerprint density at radius 1 is 1.54 bits per heavy atom. The van der Waals surface area contributed by atoms with Gasteiger partial charge in [-0.2, -0.15) is 4.80 Å². The van der Waals surface area contributed by atoms with Gasteiger partial charge in [-0.25, -0.2) is 0 Å². The third kappa shape index (κ3) is 1.71. The summed E-state index contributed by atoms with van der Waals surface area (Å²) in [4.78, 5) is 2.49. The average Bonchev–Trinajstić information content (AvgIpc) is 2.71. The van der Waals surface area contributed by atoms with Gasteiger partial charge in [-0.1, -0.05) is 11.6 Å². The molecular weight excluding hydrogens is 208 g/mol. The van der Waals surface area contributed by atoms with Crippen molar-refractivity contribution in [2.45, 2.75) is 13.5 Å². The molecule has 0 bridgehead atoms. The Morgan fingerprint density at radius 3 is 2.92 bits per heavy atom. The third-order valence-electron chi connectivity index (χ3n) is 1.53. The highest BCUT2D eigenvalue weighted by Crippen LogP contribution is 2.27. The van der Waals surface area contributed by atoms with Gasteiger partial charge in [0.1, 0.15) is 0 Å². The van der Waals surface area contributed by atoms with Crippen LogP contribution in [0, 0.1) is 0 Å². The van der Waals surface area contributed by atoms with Crippen molar-refractivity contribution in [3.63, 3.8) is 0 Å². The Morgan fingerprint density at radius 2 is 2.38 bits per heavy atom. The van der Waals surface area contributed by atoms with Crippen LogP contribution in [-0.2, 0) is 6.54 Å². The minimum absolute atomic E-state index is 0.638. The Bertz CT molecular complexity index is 408. The predicted octanol–water partition coefficient (Wildman–Crippen LogP) is 2.07. The number of aromatic nitrogens is 4. The maximum Gasteiger partial charge on any atom is 0.214 e. The van der Waals surface area contributed by atoms with Gasteiger partial charge in [-0.05, 0) is 24.3 Å². The Labute approximate surface area is 84.1 Å². The van der Waals surface area contributed by atoms with Gasteiger partial charge in [-0.15, -0.1) is 21.5 Å². The highest BCUT2D eigenvalue weighted by molar-refractivity contribution is 7.19. The van der Waals surface area contributed by atoms with Crippen LogP contribution >= 0.6 is 22.9 Å². The second kappa shape index (κ2) is 3.43. The monoisotopic (exact) mass is 214 g/mol. The molecule has 4 nitrogen and oxygen atoms in total. The number of tetrazole rings is 1. The highest BCUT2D eigenvalue weighted by Gasteiger charge is 2.07. The summed E-state index contributed by atoms with van der Waals surface area (Å²) in [6.45, 7) is 2.69. The topological polar surface area (TPSA) is 43.6 Å². The van der Waals surface area contributed by atoms with Crippen LogP contribution in [0.4, 0.5) is 0 Å². The van der Waals surface area contributed by atoms with Crippen molar-refractivity contribution in [2.24, 2.45) is 0 Å². The lowest BCUT2D eigenvalue weighted by molar-refractivity contribution is 0.553. The van der Waals surface area contributed by atoms with Gasteiger partial charge in [0.2, 0.25) is 5.82 Å².